The first kappa shape index (κ1) is 19.4. The molecule has 144 valence electrons. The Hall–Kier alpha value is -1.33. The highest BCUT2D eigenvalue weighted by molar-refractivity contribution is 8.00. The van der Waals surface area contributed by atoms with E-state index in [4.69, 9.17) is 0 Å². The summed E-state index contributed by atoms with van der Waals surface area (Å²) in [7, 11) is 0. The highest BCUT2D eigenvalue weighted by atomic mass is 32.2. The molecule has 0 saturated carbocycles. The fourth-order valence-electron chi connectivity index (χ4n) is 3.58. The van der Waals surface area contributed by atoms with Crippen LogP contribution < -0.4 is 10.2 Å². The molecule has 0 amide bonds. The number of hydrogen-bond acceptors (Lipinski definition) is 4. The molecule has 0 atom stereocenters. The van der Waals surface area contributed by atoms with E-state index in [1.807, 2.05) is 17.8 Å². The van der Waals surface area contributed by atoms with Crippen molar-refractivity contribution < 1.29 is 5.11 Å². The van der Waals surface area contributed by atoms with Crippen molar-refractivity contribution >= 4 is 28.4 Å². The number of nitrogens with one attached hydrogen (secondary N) is 2. The molecular formula is C21H33N3OS. The van der Waals surface area contributed by atoms with E-state index in [1.165, 1.54) is 16.0 Å². The molecule has 0 spiro atoms. The third-order valence-electron chi connectivity index (χ3n) is 4.54. The summed E-state index contributed by atoms with van der Waals surface area (Å²) >= 11 is 1.89. The maximum atomic E-state index is 10.6. The molecule has 0 radical (unpaired) electrons. The molecule has 1 aliphatic rings. The molecule has 1 saturated heterocycles. The van der Waals surface area contributed by atoms with E-state index in [-0.39, 0.29) is 10.2 Å². The molecule has 0 aliphatic carbocycles. The number of phenolic OH excluding ortho intramolecular Hbond substituents is 1. The SMILES string of the molecule is CC(C)(C)Cc1c(SC(C)(C)C)[nH]c2c(N3CCNCC3)c(O)ccc12. The number of phenols is 1. The summed E-state index contributed by atoms with van der Waals surface area (Å²) in [6.45, 7) is 17.4. The number of aromatic amines is 1. The maximum absolute atomic E-state index is 10.6. The first-order chi connectivity index (χ1) is 12.1. The molecule has 1 aromatic heterocycles. The molecule has 2 aromatic rings. The number of rotatable bonds is 3. The number of hydrogen-bond donors (Lipinski definition) is 3. The predicted octanol–water partition coefficient (Wildman–Crippen LogP) is 4.76. The lowest BCUT2D eigenvalue weighted by molar-refractivity contribution is 0.409. The van der Waals surface area contributed by atoms with Gasteiger partial charge in [-0.3, -0.25) is 0 Å². The Morgan fingerprint density at radius 1 is 1.08 bits per heavy atom. The van der Waals surface area contributed by atoms with Gasteiger partial charge in [-0.05, 0) is 29.5 Å². The van der Waals surface area contributed by atoms with Gasteiger partial charge >= 0.3 is 0 Å². The van der Waals surface area contributed by atoms with Crippen LogP contribution in [0.4, 0.5) is 5.69 Å². The van der Waals surface area contributed by atoms with Gasteiger partial charge in [-0.15, -0.1) is 11.8 Å². The third-order valence-corrected chi connectivity index (χ3v) is 5.71. The topological polar surface area (TPSA) is 51.3 Å². The molecule has 0 unspecified atom stereocenters. The van der Waals surface area contributed by atoms with Crippen molar-refractivity contribution in [3.05, 3.63) is 17.7 Å². The summed E-state index contributed by atoms with van der Waals surface area (Å²) < 4.78 is 0.130. The number of benzene rings is 1. The van der Waals surface area contributed by atoms with E-state index >= 15 is 0 Å². The molecule has 2 heterocycles. The molecular weight excluding hydrogens is 342 g/mol. The Labute approximate surface area is 161 Å². The molecule has 5 heteroatoms. The van der Waals surface area contributed by atoms with Gasteiger partial charge in [-0.25, -0.2) is 0 Å². The fraction of sp³-hybridized carbons (Fsp3) is 0.619. The van der Waals surface area contributed by atoms with Crippen LogP contribution in [0.3, 0.4) is 0 Å². The summed E-state index contributed by atoms with van der Waals surface area (Å²) in [5.74, 6) is 0.371. The quantitative estimate of drug-likeness (QED) is 0.677. The van der Waals surface area contributed by atoms with Gasteiger partial charge < -0.3 is 20.3 Å². The van der Waals surface area contributed by atoms with Crippen molar-refractivity contribution in [2.24, 2.45) is 5.41 Å². The van der Waals surface area contributed by atoms with Crippen LogP contribution in [0.25, 0.3) is 10.9 Å². The number of nitrogens with zero attached hydrogens (tertiary/aromatic N) is 1. The average molecular weight is 376 g/mol. The van der Waals surface area contributed by atoms with Gasteiger partial charge in [0, 0.05) is 36.3 Å². The molecule has 3 N–H and O–H groups in total. The Morgan fingerprint density at radius 3 is 2.31 bits per heavy atom. The second-order valence-electron chi connectivity index (χ2n) is 9.48. The van der Waals surface area contributed by atoms with Gasteiger partial charge in [-0.2, -0.15) is 0 Å². The zero-order valence-corrected chi connectivity index (χ0v) is 17.8. The largest absolute Gasteiger partial charge is 0.506 e. The van der Waals surface area contributed by atoms with E-state index < -0.39 is 0 Å². The lowest BCUT2D eigenvalue weighted by Gasteiger charge is -2.30. The second-order valence-corrected chi connectivity index (χ2v) is 11.3. The molecule has 4 nitrogen and oxygen atoms in total. The van der Waals surface area contributed by atoms with Crippen LogP contribution >= 0.6 is 11.8 Å². The first-order valence-electron chi connectivity index (χ1n) is 9.56. The normalized spacial score (nSPS) is 16.5. The smallest absolute Gasteiger partial charge is 0.141 e. The van der Waals surface area contributed by atoms with Crippen LogP contribution in [0.1, 0.15) is 47.1 Å². The first-order valence-corrected chi connectivity index (χ1v) is 10.4. The minimum Gasteiger partial charge on any atom is -0.506 e. The Bertz CT molecular complexity index is 777. The third kappa shape index (κ3) is 4.32. The number of aromatic hydroxyl groups is 1. The van der Waals surface area contributed by atoms with Crippen LogP contribution in [-0.4, -0.2) is 41.0 Å². The number of fused-ring (bicyclic) bond motifs is 1. The lowest BCUT2D eigenvalue weighted by Crippen LogP contribution is -2.43. The van der Waals surface area contributed by atoms with E-state index in [0.717, 1.165) is 43.8 Å². The Kier molecular flexibility index (Phi) is 5.24. The van der Waals surface area contributed by atoms with Gasteiger partial charge in [0.05, 0.1) is 10.5 Å². The summed E-state index contributed by atoms with van der Waals surface area (Å²) in [5, 5.41) is 16.5. The predicted molar refractivity (Wildman–Crippen MR) is 114 cm³/mol. The Morgan fingerprint density at radius 2 is 1.73 bits per heavy atom. The second kappa shape index (κ2) is 7.01. The van der Waals surface area contributed by atoms with Crippen LogP contribution in [0.15, 0.2) is 17.2 Å². The van der Waals surface area contributed by atoms with Gasteiger partial charge in [0.15, 0.2) is 0 Å². The van der Waals surface area contributed by atoms with Gasteiger partial charge in [-0.1, -0.05) is 41.5 Å². The number of thioether (sulfide) groups is 1. The minimum atomic E-state index is 0.130. The lowest BCUT2D eigenvalue weighted by atomic mass is 9.88. The highest BCUT2D eigenvalue weighted by Crippen LogP contribution is 2.44. The van der Waals surface area contributed by atoms with Crippen molar-refractivity contribution in [1.82, 2.24) is 10.3 Å². The van der Waals surface area contributed by atoms with Crippen molar-refractivity contribution in [3.8, 4) is 5.75 Å². The molecule has 1 fully saturated rings. The molecule has 0 bridgehead atoms. The van der Waals surface area contributed by atoms with E-state index in [1.54, 1.807) is 0 Å². The highest BCUT2D eigenvalue weighted by Gasteiger charge is 2.26. The molecule has 26 heavy (non-hydrogen) atoms. The zero-order chi connectivity index (χ0) is 19.1. The van der Waals surface area contributed by atoms with Gasteiger partial charge in [0.1, 0.15) is 11.4 Å². The number of H-pyrrole nitrogens is 1. The minimum absolute atomic E-state index is 0.130. The van der Waals surface area contributed by atoms with E-state index in [0.29, 0.717) is 5.75 Å². The fourth-order valence-corrected chi connectivity index (χ4v) is 4.65. The van der Waals surface area contributed by atoms with Crippen LogP contribution in [-0.2, 0) is 6.42 Å². The summed E-state index contributed by atoms with van der Waals surface area (Å²) in [4.78, 5) is 5.99. The maximum Gasteiger partial charge on any atom is 0.141 e. The standard InChI is InChI=1S/C21H33N3OS/c1-20(2,3)13-15-14-7-8-16(25)18(24-11-9-22-10-12-24)17(14)23-19(15)26-21(4,5)6/h7-8,22-23,25H,9-13H2,1-6H3. The van der Waals surface area contributed by atoms with E-state index in [2.05, 4.69) is 62.8 Å². The number of anilines is 1. The Balaban J connectivity index is 2.17. The van der Waals surface area contributed by atoms with Gasteiger partial charge in [0.2, 0.25) is 0 Å². The van der Waals surface area contributed by atoms with Crippen LogP contribution in [0.5, 0.6) is 5.75 Å². The van der Waals surface area contributed by atoms with Crippen molar-refractivity contribution in [2.45, 2.75) is 57.7 Å². The van der Waals surface area contributed by atoms with Crippen molar-refractivity contribution in [1.29, 1.82) is 0 Å². The van der Waals surface area contributed by atoms with Crippen molar-refractivity contribution in [3.63, 3.8) is 0 Å². The molecule has 3 rings (SSSR count). The summed E-state index contributed by atoms with van der Waals surface area (Å²) in [6.07, 6.45) is 1.01. The van der Waals surface area contributed by atoms with Crippen LogP contribution in [0, 0.1) is 5.41 Å². The number of aromatic nitrogens is 1. The average Bonchev–Trinajstić information content (AvgIpc) is 2.82. The van der Waals surface area contributed by atoms with Gasteiger partial charge in [0.25, 0.3) is 0 Å². The van der Waals surface area contributed by atoms with E-state index in [9.17, 15) is 5.11 Å². The molecule has 1 aromatic carbocycles. The summed E-state index contributed by atoms with van der Waals surface area (Å²) in [5.41, 5.74) is 3.62. The zero-order valence-electron chi connectivity index (χ0n) is 17.0. The monoisotopic (exact) mass is 375 g/mol. The molecule has 1 aliphatic heterocycles. The van der Waals surface area contributed by atoms with Crippen LogP contribution in [0.2, 0.25) is 0 Å². The summed E-state index contributed by atoms with van der Waals surface area (Å²) in [6, 6.07) is 3.95. The number of piperazine rings is 1. The van der Waals surface area contributed by atoms with Crippen molar-refractivity contribution in [2.75, 3.05) is 31.1 Å².